The van der Waals surface area contributed by atoms with Crippen LogP contribution in [0.2, 0.25) is 0 Å². The zero-order valence-corrected chi connectivity index (χ0v) is 17.4. The molecule has 0 spiro atoms. The molecule has 2 N–H and O–H groups in total. The number of carbonyl (C=O) groups excluding carboxylic acids is 1. The Morgan fingerprint density at radius 1 is 1.31 bits per heavy atom. The van der Waals surface area contributed by atoms with Crippen molar-refractivity contribution in [2.45, 2.75) is 58.7 Å². The van der Waals surface area contributed by atoms with Gasteiger partial charge in [-0.05, 0) is 63.9 Å². The highest BCUT2D eigenvalue weighted by Gasteiger charge is 2.29. The van der Waals surface area contributed by atoms with Crippen molar-refractivity contribution in [2.24, 2.45) is 0 Å². The van der Waals surface area contributed by atoms with Gasteiger partial charge in [0.05, 0.1) is 17.6 Å². The summed E-state index contributed by atoms with van der Waals surface area (Å²) < 4.78 is 0. The van der Waals surface area contributed by atoms with Crippen LogP contribution in [0, 0.1) is 13.8 Å². The summed E-state index contributed by atoms with van der Waals surface area (Å²) in [4.78, 5) is 19.5. The fraction of sp³-hybridized carbons (Fsp3) is 0.435. The molecular formula is C23H29N5O. The molecule has 1 aliphatic heterocycles. The number of rotatable bonds is 5. The molecule has 1 aliphatic rings. The highest BCUT2D eigenvalue weighted by atomic mass is 16.1. The summed E-state index contributed by atoms with van der Waals surface area (Å²) in [5.74, 6) is 0.0769. The van der Waals surface area contributed by atoms with E-state index < -0.39 is 0 Å². The Morgan fingerprint density at radius 3 is 2.97 bits per heavy atom. The SMILES string of the molecule is Cc1n[nH]c(C)c1CC(=O)NC1CCCN(Cc2ccc3ncccc3c2)C1C. The molecule has 1 fully saturated rings. The summed E-state index contributed by atoms with van der Waals surface area (Å²) in [6.07, 6.45) is 4.33. The summed E-state index contributed by atoms with van der Waals surface area (Å²) in [5.41, 5.74) is 5.20. The lowest BCUT2D eigenvalue weighted by Gasteiger charge is -2.39. The minimum absolute atomic E-state index is 0.0769. The minimum Gasteiger partial charge on any atom is -0.352 e. The van der Waals surface area contributed by atoms with Gasteiger partial charge >= 0.3 is 0 Å². The molecule has 3 heterocycles. The lowest BCUT2D eigenvalue weighted by atomic mass is 9.96. The van der Waals surface area contributed by atoms with Crippen molar-refractivity contribution in [3.05, 3.63) is 59.0 Å². The second-order valence-corrected chi connectivity index (χ2v) is 8.15. The second kappa shape index (κ2) is 8.33. The minimum atomic E-state index is 0.0769. The highest BCUT2D eigenvalue weighted by Crippen LogP contribution is 2.22. The molecule has 6 nitrogen and oxygen atoms in total. The van der Waals surface area contributed by atoms with Crippen LogP contribution in [0.4, 0.5) is 0 Å². The van der Waals surface area contributed by atoms with Crippen LogP contribution in [-0.4, -0.2) is 44.6 Å². The number of hydrogen-bond acceptors (Lipinski definition) is 4. The summed E-state index contributed by atoms with van der Waals surface area (Å²) in [5, 5.41) is 11.6. The van der Waals surface area contributed by atoms with Gasteiger partial charge in [-0.1, -0.05) is 12.1 Å². The van der Waals surface area contributed by atoms with Gasteiger partial charge in [0.2, 0.25) is 5.91 Å². The molecule has 29 heavy (non-hydrogen) atoms. The maximum Gasteiger partial charge on any atom is 0.224 e. The standard InChI is InChI=1S/C23H29N5O/c1-15-20(16(2)27-26-15)13-23(29)25-21-7-5-11-28(17(21)3)14-18-8-9-22-19(12-18)6-4-10-24-22/h4,6,8-10,12,17,21H,5,7,11,13-14H2,1-3H3,(H,25,29)(H,26,27). The largest absolute Gasteiger partial charge is 0.352 e. The Balaban J connectivity index is 1.40. The first-order valence-electron chi connectivity index (χ1n) is 10.4. The van der Waals surface area contributed by atoms with E-state index in [9.17, 15) is 4.79 Å². The summed E-state index contributed by atoms with van der Waals surface area (Å²) in [6.45, 7) is 8.07. The molecule has 152 valence electrons. The number of aromatic nitrogens is 3. The van der Waals surface area contributed by atoms with Gasteiger partial charge in [0.15, 0.2) is 0 Å². The molecular weight excluding hydrogens is 362 g/mol. The lowest BCUT2D eigenvalue weighted by Crippen LogP contribution is -2.53. The van der Waals surface area contributed by atoms with Crippen LogP contribution in [0.15, 0.2) is 36.5 Å². The first-order chi connectivity index (χ1) is 14.0. The summed E-state index contributed by atoms with van der Waals surface area (Å²) in [6, 6.07) is 11.0. The van der Waals surface area contributed by atoms with Gasteiger partial charge in [0, 0.05) is 41.5 Å². The molecule has 6 heteroatoms. The van der Waals surface area contributed by atoms with Crippen LogP contribution in [-0.2, 0) is 17.8 Å². The molecule has 0 saturated carbocycles. The van der Waals surface area contributed by atoms with E-state index in [-0.39, 0.29) is 11.9 Å². The first-order valence-corrected chi connectivity index (χ1v) is 10.4. The molecule has 3 aromatic rings. The van der Waals surface area contributed by atoms with E-state index in [1.54, 1.807) is 0 Å². The number of piperidine rings is 1. The molecule has 4 rings (SSSR count). The molecule has 2 aromatic heterocycles. The number of carbonyl (C=O) groups is 1. The molecule has 0 aliphatic carbocycles. The van der Waals surface area contributed by atoms with Crippen LogP contribution in [0.3, 0.4) is 0 Å². The van der Waals surface area contributed by atoms with Crippen molar-refractivity contribution in [3.8, 4) is 0 Å². The van der Waals surface area contributed by atoms with Gasteiger partial charge in [0.25, 0.3) is 0 Å². The summed E-state index contributed by atoms with van der Waals surface area (Å²) in [7, 11) is 0. The molecule has 1 aromatic carbocycles. The van der Waals surface area contributed by atoms with E-state index in [2.05, 4.69) is 56.6 Å². The van der Waals surface area contributed by atoms with Crippen LogP contribution in [0.25, 0.3) is 10.9 Å². The van der Waals surface area contributed by atoms with Gasteiger partial charge in [-0.3, -0.25) is 19.8 Å². The Bertz CT molecular complexity index is 992. The van der Waals surface area contributed by atoms with E-state index in [0.717, 1.165) is 48.4 Å². The second-order valence-electron chi connectivity index (χ2n) is 8.15. The number of aryl methyl sites for hydroxylation is 2. The van der Waals surface area contributed by atoms with Crippen molar-refractivity contribution < 1.29 is 4.79 Å². The van der Waals surface area contributed by atoms with Gasteiger partial charge in [0.1, 0.15) is 0 Å². The topological polar surface area (TPSA) is 73.9 Å². The van der Waals surface area contributed by atoms with E-state index in [1.807, 2.05) is 26.1 Å². The van der Waals surface area contributed by atoms with E-state index in [0.29, 0.717) is 12.5 Å². The number of benzene rings is 1. The number of amides is 1. The third-order valence-electron chi connectivity index (χ3n) is 6.14. The number of likely N-dealkylation sites (tertiary alicyclic amines) is 1. The normalized spacial score (nSPS) is 20.1. The third kappa shape index (κ3) is 4.32. The Hall–Kier alpha value is -2.73. The number of fused-ring (bicyclic) bond motifs is 1. The van der Waals surface area contributed by atoms with Crippen LogP contribution >= 0.6 is 0 Å². The molecule has 0 radical (unpaired) electrons. The third-order valence-corrected chi connectivity index (χ3v) is 6.14. The Labute approximate surface area is 171 Å². The average molecular weight is 392 g/mol. The van der Waals surface area contributed by atoms with Crippen LogP contribution in [0.1, 0.15) is 42.3 Å². The zero-order chi connectivity index (χ0) is 20.4. The monoisotopic (exact) mass is 391 g/mol. The van der Waals surface area contributed by atoms with E-state index in [4.69, 9.17) is 0 Å². The fourth-order valence-corrected chi connectivity index (χ4v) is 4.34. The number of nitrogens with zero attached hydrogens (tertiary/aromatic N) is 3. The zero-order valence-electron chi connectivity index (χ0n) is 17.4. The fourth-order valence-electron chi connectivity index (χ4n) is 4.34. The quantitative estimate of drug-likeness (QED) is 0.700. The first kappa shape index (κ1) is 19.6. The molecule has 2 unspecified atom stereocenters. The smallest absolute Gasteiger partial charge is 0.224 e. The predicted molar refractivity (Wildman–Crippen MR) is 115 cm³/mol. The predicted octanol–water partition coefficient (Wildman–Crippen LogP) is 3.29. The average Bonchev–Trinajstić information content (AvgIpc) is 3.03. The number of hydrogen-bond donors (Lipinski definition) is 2. The van der Waals surface area contributed by atoms with Gasteiger partial charge < -0.3 is 5.32 Å². The lowest BCUT2D eigenvalue weighted by molar-refractivity contribution is -0.122. The van der Waals surface area contributed by atoms with Gasteiger partial charge in [-0.2, -0.15) is 5.10 Å². The number of aromatic amines is 1. The highest BCUT2D eigenvalue weighted by molar-refractivity contribution is 5.79. The number of pyridine rings is 1. The van der Waals surface area contributed by atoms with Crippen molar-refractivity contribution in [1.82, 2.24) is 25.4 Å². The summed E-state index contributed by atoms with van der Waals surface area (Å²) >= 11 is 0. The van der Waals surface area contributed by atoms with Crippen LogP contribution < -0.4 is 5.32 Å². The van der Waals surface area contributed by atoms with Crippen molar-refractivity contribution in [1.29, 1.82) is 0 Å². The maximum absolute atomic E-state index is 12.7. The number of nitrogens with one attached hydrogen (secondary N) is 2. The van der Waals surface area contributed by atoms with Gasteiger partial charge in [-0.15, -0.1) is 0 Å². The Morgan fingerprint density at radius 2 is 2.17 bits per heavy atom. The molecule has 1 amide bonds. The Kier molecular flexibility index (Phi) is 5.62. The van der Waals surface area contributed by atoms with E-state index in [1.165, 1.54) is 10.9 Å². The van der Waals surface area contributed by atoms with Gasteiger partial charge in [-0.25, -0.2) is 0 Å². The number of H-pyrrole nitrogens is 1. The molecule has 2 atom stereocenters. The van der Waals surface area contributed by atoms with Crippen LogP contribution in [0.5, 0.6) is 0 Å². The molecule has 1 saturated heterocycles. The van der Waals surface area contributed by atoms with E-state index >= 15 is 0 Å². The maximum atomic E-state index is 12.7. The molecule has 0 bridgehead atoms. The van der Waals surface area contributed by atoms with Crippen molar-refractivity contribution >= 4 is 16.8 Å². The van der Waals surface area contributed by atoms with Crippen molar-refractivity contribution in [3.63, 3.8) is 0 Å². The van der Waals surface area contributed by atoms with Crippen molar-refractivity contribution in [2.75, 3.05) is 6.54 Å².